The summed E-state index contributed by atoms with van der Waals surface area (Å²) in [6.45, 7) is 0.727. The van der Waals surface area contributed by atoms with Crippen molar-refractivity contribution in [2.75, 3.05) is 25.7 Å². The Morgan fingerprint density at radius 2 is 2.00 bits per heavy atom. The summed E-state index contributed by atoms with van der Waals surface area (Å²) in [5, 5.41) is 3.05. The highest BCUT2D eigenvalue weighted by molar-refractivity contribution is 7.98. The van der Waals surface area contributed by atoms with Crippen LogP contribution >= 0.6 is 11.8 Å². The van der Waals surface area contributed by atoms with Gasteiger partial charge in [0.2, 0.25) is 11.8 Å². The Morgan fingerprint density at radius 3 is 2.73 bits per heavy atom. The molecule has 1 heterocycles. The molecule has 26 heavy (non-hydrogen) atoms. The normalized spacial score (nSPS) is 16.5. The van der Waals surface area contributed by atoms with Gasteiger partial charge in [0.1, 0.15) is 0 Å². The molecule has 1 aliphatic carbocycles. The molecule has 6 heteroatoms. The molecule has 0 spiro atoms. The fraction of sp³-hybridized carbons (Fsp3) is 0.450. The lowest BCUT2D eigenvalue weighted by Crippen LogP contribution is -2.32. The van der Waals surface area contributed by atoms with Gasteiger partial charge in [-0.05, 0) is 31.9 Å². The van der Waals surface area contributed by atoms with Gasteiger partial charge in [0.25, 0.3) is 0 Å². The molecule has 0 radical (unpaired) electrons. The van der Waals surface area contributed by atoms with E-state index in [1.165, 1.54) is 0 Å². The molecular formula is C20H25N3O2S. The van der Waals surface area contributed by atoms with Crippen molar-refractivity contribution in [3.05, 3.63) is 41.6 Å². The SMILES string of the molecule is COc1nc(-c2ccccc2)nc2c1CCC(C(=O)NCCSC)CC2. The van der Waals surface area contributed by atoms with Crippen LogP contribution in [0.15, 0.2) is 30.3 Å². The lowest BCUT2D eigenvalue weighted by atomic mass is 9.99. The molecule has 0 aliphatic heterocycles. The van der Waals surface area contributed by atoms with Crippen molar-refractivity contribution in [3.63, 3.8) is 0 Å². The van der Waals surface area contributed by atoms with E-state index in [-0.39, 0.29) is 11.8 Å². The Balaban J connectivity index is 1.80. The van der Waals surface area contributed by atoms with Gasteiger partial charge in [0, 0.05) is 29.3 Å². The van der Waals surface area contributed by atoms with Crippen molar-refractivity contribution in [1.82, 2.24) is 15.3 Å². The number of fused-ring (bicyclic) bond motifs is 1. The van der Waals surface area contributed by atoms with Crippen molar-refractivity contribution in [2.45, 2.75) is 25.7 Å². The summed E-state index contributed by atoms with van der Waals surface area (Å²) in [5.41, 5.74) is 3.03. The molecule has 3 rings (SSSR count). The lowest BCUT2D eigenvalue weighted by molar-refractivity contribution is -0.125. The van der Waals surface area contributed by atoms with Crippen molar-refractivity contribution >= 4 is 17.7 Å². The first-order valence-corrected chi connectivity index (χ1v) is 10.4. The third-order valence-electron chi connectivity index (χ3n) is 4.73. The second kappa shape index (κ2) is 9.03. The zero-order valence-corrected chi connectivity index (χ0v) is 16.1. The number of carbonyl (C=O) groups excluding carboxylic acids is 1. The molecule has 138 valence electrons. The minimum Gasteiger partial charge on any atom is -0.481 e. The van der Waals surface area contributed by atoms with E-state index in [0.717, 1.165) is 54.8 Å². The third-order valence-corrected chi connectivity index (χ3v) is 5.34. The lowest BCUT2D eigenvalue weighted by Gasteiger charge is -2.13. The standard InChI is InChI=1S/C20H25N3O2S/c1-25-20-16-10-8-15(19(24)21-12-13-26-2)9-11-17(16)22-18(23-20)14-6-4-3-5-7-14/h3-7,15H,8-13H2,1-2H3,(H,21,24). The van der Waals surface area contributed by atoms with Crippen LogP contribution in [0.4, 0.5) is 0 Å². The molecule has 0 saturated carbocycles. The number of amides is 1. The average molecular weight is 372 g/mol. The van der Waals surface area contributed by atoms with Crippen LogP contribution < -0.4 is 10.1 Å². The van der Waals surface area contributed by atoms with E-state index in [4.69, 9.17) is 9.72 Å². The molecule has 2 aromatic rings. The van der Waals surface area contributed by atoms with Gasteiger partial charge < -0.3 is 10.1 Å². The second-order valence-electron chi connectivity index (χ2n) is 6.41. The van der Waals surface area contributed by atoms with Crippen molar-refractivity contribution in [3.8, 4) is 17.3 Å². The van der Waals surface area contributed by atoms with Crippen LogP contribution in [0.3, 0.4) is 0 Å². The Morgan fingerprint density at radius 1 is 1.23 bits per heavy atom. The minimum absolute atomic E-state index is 0.0240. The summed E-state index contributed by atoms with van der Waals surface area (Å²) in [5.74, 6) is 2.44. The van der Waals surface area contributed by atoms with E-state index >= 15 is 0 Å². The number of methoxy groups -OCH3 is 1. The predicted octanol–water partition coefficient (Wildman–Crippen LogP) is 3.13. The summed E-state index contributed by atoms with van der Waals surface area (Å²) in [6.07, 6.45) is 5.21. The van der Waals surface area contributed by atoms with E-state index in [1.807, 2.05) is 36.6 Å². The summed E-state index contributed by atoms with van der Waals surface area (Å²) in [7, 11) is 1.65. The van der Waals surface area contributed by atoms with Crippen LogP contribution in [0.5, 0.6) is 5.88 Å². The quantitative estimate of drug-likeness (QED) is 0.624. The van der Waals surface area contributed by atoms with Crippen LogP contribution in [0.2, 0.25) is 0 Å². The van der Waals surface area contributed by atoms with Gasteiger partial charge in [-0.1, -0.05) is 30.3 Å². The molecule has 1 aromatic carbocycles. The summed E-state index contributed by atoms with van der Waals surface area (Å²) >= 11 is 1.74. The van der Waals surface area contributed by atoms with E-state index in [1.54, 1.807) is 18.9 Å². The molecule has 1 amide bonds. The number of ether oxygens (including phenoxy) is 1. The maximum atomic E-state index is 12.4. The largest absolute Gasteiger partial charge is 0.481 e. The number of aryl methyl sites for hydroxylation is 1. The first-order valence-electron chi connectivity index (χ1n) is 8.98. The summed E-state index contributed by atoms with van der Waals surface area (Å²) in [6, 6.07) is 9.93. The van der Waals surface area contributed by atoms with Gasteiger partial charge in [0.15, 0.2) is 5.82 Å². The topological polar surface area (TPSA) is 64.1 Å². The van der Waals surface area contributed by atoms with Crippen molar-refractivity contribution in [2.24, 2.45) is 5.92 Å². The second-order valence-corrected chi connectivity index (χ2v) is 7.39. The van der Waals surface area contributed by atoms with E-state index in [2.05, 4.69) is 10.3 Å². The zero-order valence-electron chi connectivity index (χ0n) is 15.3. The Kier molecular flexibility index (Phi) is 6.50. The Bertz CT molecular complexity index is 752. The molecule has 5 nitrogen and oxygen atoms in total. The average Bonchev–Trinajstić information content (AvgIpc) is 2.90. The zero-order chi connectivity index (χ0) is 18.4. The van der Waals surface area contributed by atoms with Crippen molar-refractivity contribution < 1.29 is 9.53 Å². The number of hydrogen-bond acceptors (Lipinski definition) is 5. The molecule has 1 N–H and O–H groups in total. The van der Waals surface area contributed by atoms with Crippen molar-refractivity contribution in [1.29, 1.82) is 0 Å². The van der Waals surface area contributed by atoms with Gasteiger partial charge in [-0.3, -0.25) is 4.79 Å². The summed E-state index contributed by atoms with van der Waals surface area (Å²) in [4.78, 5) is 21.8. The van der Waals surface area contributed by atoms with E-state index < -0.39 is 0 Å². The van der Waals surface area contributed by atoms with E-state index in [9.17, 15) is 4.79 Å². The molecule has 1 aliphatic rings. The van der Waals surface area contributed by atoms with Crippen LogP contribution in [0.25, 0.3) is 11.4 Å². The predicted molar refractivity (Wildman–Crippen MR) is 106 cm³/mol. The van der Waals surface area contributed by atoms with Gasteiger partial charge in [-0.25, -0.2) is 4.98 Å². The number of carbonyl (C=O) groups is 1. The number of thioether (sulfide) groups is 1. The molecule has 0 bridgehead atoms. The Labute approximate surface area is 159 Å². The number of hydrogen-bond donors (Lipinski definition) is 1. The van der Waals surface area contributed by atoms with Gasteiger partial charge in [-0.15, -0.1) is 0 Å². The van der Waals surface area contributed by atoms with Gasteiger partial charge in [0.05, 0.1) is 12.8 Å². The number of benzene rings is 1. The van der Waals surface area contributed by atoms with E-state index in [0.29, 0.717) is 11.7 Å². The molecule has 1 unspecified atom stereocenters. The fourth-order valence-corrected chi connectivity index (χ4v) is 3.61. The third kappa shape index (κ3) is 4.36. The highest BCUT2D eigenvalue weighted by Crippen LogP contribution is 2.31. The molecule has 0 fully saturated rings. The molecule has 0 saturated heterocycles. The van der Waals surface area contributed by atoms with Crippen LogP contribution in [0, 0.1) is 5.92 Å². The summed E-state index contributed by atoms with van der Waals surface area (Å²) < 4.78 is 5.55. The monoisotopic (exact) mass is 371 g/mol. The fourth-order valence-electron chi connectivity index (χ4n) is 3.31. The smallest absolute Gasteiger partial charge is 0.223 e. The number of nitrogens with zero attached hydrogens (tertiary/aromatic N) is 2. The Hall–Kier alpha value is -2.08. The molecule has 1 atom stereocenters. The van der Waals surface area contributed by atoms with Crippen LogP contribution in [-0.2, 0) is 17.6 Å². The van der Waals surface area contributed by atoms with Crippen LogP contribution in [0.1, 0.15) is 24.1 Å². The van der Waals surface area contributed by atoms with Crippen LogP contribution in [-0.4, -0.2) is 41.5 Å². The first kappa shape index (κ1) is 18.7. The highest BCUT2D eigenvalue weighted by atomic mass is 32.2. The molecular weight excluding hydrogens is 346 g/mol. The maximum Gasteiger partial charge on any atom is 0.223 e. The number of aromatic nitrogens is 2. The number of rotatable bonds is 6. The highest BCUT2D eigenvalue weighted by Gasteiger charge is 2.26. The maximum absolute atomic E-state index is 12.4. The number of nitrogens with one attached hydrogen (secondary N) is 1. The van der Waals surface area contributed by atoms with Gasteiger partial charge >= 0.3 is 0 Å². The van der Waals surface area contributed by atoms with Gasteiger partial charge in [-0.2, -0.15) is 16.7 Å². The minimum atomic E-state index is 0.0240. The first-order chi connectivity index (χ1) is 12.7. The molecule has 1 aromatic heterocycles.